The smallest absolute Gasteiger partial charge is 0.222 e. The van der Waals surface area contributed by atoms with Gasteiger partial charge in [-0.05, 0) is 25.3 Å². The van der Waals surface area contributed by atoms with E-state index in [1.54, 1.807) is 5.67 Å². The van der Waals surface area contributed by atoms with E-state index < -0.39 is 12.1 Å². The summed E-state index contributed by atoms with van der Waals surface area (Å²) in [6.45, 7) is 6.31. The molecule has 0 aromatic heterocycles. The summed E-state index contributed by atoms with van der Waals surface area (Å²) in [7, 11) is -1.72. The van der Waals surface area contributed by atoms with Crippen LogP contribution in [0.5, 0.6) is 0 Å². The summed E-state index contributed by atoms with van der Waals surface area (Å²) < 4.78 is 4.26. The molecule has 0 fully saturated rings. The molecule has 0 unspecified atom stereocenters. The molecule has 0 spiro atoms. The fourth-order valence-electron chi connectivity index (χ4n) is 0.315. The molecule has 0 atom stereocenters. The normalized spacial score (nSPS) is 14.0. The van der Waals surface area contributed by atoms with Crippen molar-refractivity contribution < 1.29 is 4.12 Å². The van der Waals surface area contributed by atoms with E-state index >= 15 is 0 Å². The molecular weight excluding hydrogens is 239 g/mol. The minimum atomic E-state index is -1.43. The third-order valence-corrected chi connectivity index (χ3v) is 5.70. The Kier molecular flexibility index (Phi) is 4.66. The van der Waals surface area contributed by atoms with Crippen LogP contribution in [0.4, 0.5) is 0 Å². The maximum Gasteiger partial charge on any atom is 0.222 e. The van der Waals surface area contributed by atoms with Gasteiger partial charge in [-0.1, -0.05) is 34.8 Å². The van der Waals surface area contributed by atoms with Gasteiger partial charge in [0.05, 0.1) is 0 Å². The molecule has 0 aliphatic carbocycles. The molecule has 66 valence electrons. The first-order valence-electron chi connectivity index (χ1n) is 3.13. The summed E-state index contributed by atoms with van der Waals surface area (Å²) in [5.74, 6) is 0. The Morgan fingerprint density at radius 2 is 1.73 bits per heavy atom. The molecule has 0 heterocycles. The van der Waals surface area contributed by atoms with Crippen LogP contribution in [0.25, 0.3) is 0 Å². The summed E-state index contributed by atoms with van der Waals surface area (Å²) in [6.07, 6.45) is 0. The first-order valence-corrected chi connectivity index (χ1v) is 8.81. The zero-order chi connectivity index (χ0) is 9.12. The van der Waals surface area contributed by atoms with E-state index in [1.165, 1.54) is 0 Å². The summed E-state index contributed by atoms with van der Waals surface area (Å²) in [6, 6.07) is 0. The predicted molar refractivity (Wildman–Crippen MR) is 57.9 cm³/mol. The van der Waals surface area contributed by atoms with Gasteiger partial charge in [0.2, 0.25) is 12.1 Å². The van der Waals surface area contributed by atoms with Crippen molar-refractivity contribution in [1.29, 1.82) is 0 Å². The van der Waals surface area contributed by atoms with Gasteiger partial charge in [0.25, 0.3) is 0 Å². The minimum Gasteiger partial charge on any atom is -0.607 e. The molecule has 0 bridgehead atoms. The molecule has 0 aromatic rings. The van der Waals surface area contributed by atoms with E-state index in [9.17, 15) is 0 Å². The third kappa shape index (κ3) is 11.0. The lowest BCUT2D eigenvalue weighted by Crippen LogP contribution is -2.26. The Labute approximate surface area is 85.7 Å². The van der Waals surface area contributed by atoms with Crippen LogP contribution >= 0.6 is 34.8 Å². The van der Waals surface area contributed by atoms with E-state index in [0.29, 0.717) is 0 Å². The number of hydrogen-bond acceptors (Lipinski definition) is 1. The lowest BCUT2D eigenvalue weighted by molar-refractivity contribution is 0.615. The first-order chi connectivity index (χ1) is 4.71. The molecule has 0 saturated heterocycles. The highest BCUT2D eigenvalue weighted by Crippen LogP contribution is 2.22. The van der Waals surface area contributed by atoms with Gasteiger partial charge in [0, 0.05) is 0 Å². The maximum absolute atomic E-state index is 5.52. The van der Waals surface area contributed by atoms with Crippen LogP contribution in [-0.2, 0) is 4.12 Å². The van der Waals surface area contributed by atoms with E-state index in [0.717, 1.165) is 0 Å². The highest BCUT2D eigenvalue weighted by molar-refractivity contribution is 6.82. The van der Waals surface area contributed by atoms with Crippen LogP contribution in [0, 0.1) is 0 Å². The van der Waals surface area contributed by atoms with Crippen LogP contribution in [-0.4, -0.2) is 27.2 Å². The summed E-state index contributed by atoms with van der Waals surface area (Å²) in [4.78, 5) is 0. The largest absolute Gasteiger partial charge is 0.607 e. The van der Waals surface area contributed by atoms with Crippen LogP contribution < -0.4 is 0 Å². The molecule has 0 aliphatic heterocycles. The van der Waals surface area contributed by atoms with E-state index in [1.807, 2.05) is 0 Å². The fraction of sp³-hybridized carbons (Fsp3) is 0.800. The second-order valence-electron chi connectivity index (χ2n) is 3.07. The molecule has 0 N–H and O–H groups in total. The van der Waals surface area contributed by atoms with Gasteiger partial charge in [0.1, 0.15) is 0 Å². The Balaban J connectivity index is 3.80. The van der Waals surface area contributed by atoms with Gasteiger partial charge in [-0.2, -0.15) is 0 Å². The number of halogens is 3. The van der Waals surface area contributed by atoms with Crippen molar-refractivity contribution in [2.75, 3.05) is 0 Å². The summed E-state index contributed by atoms with van der Waals surface area (Å²) >= 11 is 16.5. The van der Waals surface area contributed by atoms with Crippen LogP contribution in [0.15, 0.2) is 0 Å². The van der Waals surface area contributed by atoms with Crippen molar-refractivity contribution in [2.45, 2.75) is 23.4 Å². The third-order valence-electron chi connectivity index (χ3n) is 0.679. The monoisotopic (exact) mass is 248 g/mol. The molecule has 0 rings (SSSR count). The molecular formula is C5H11Cl3OSi2. The van der Waals surface area contributed by atoms with Crippen molar-refractivity contribution in [2.24, 2.45) is 0 Å². The van der Waals surface area contributed by atoms with Crippen molar-refractivity contribution in [1.82, 2.24) is 0 Å². The Bertz CT molecular complexity index is 147. The Hall–Kier alpha value is 0.974. The van der Waals surface area contributed by atoms with Crippen molar-refractivity contribution in [3.8, 4) is 0 Å². The Morgan fingerprint density at radius 1 is 1.27 bits per heavy atom. The quantitative estimate of drug-likeness (QED) is 0.539. The van der Waals surface area contributed by atoms with Crippen LogP contribution in [0.1, 0.15) is 0 Å². The summed E-state index contributed by atoms with van der Waals surface area (Å²) in [5.41, 5.74) is 1.61. The van der Waals surface area contributed by atoms with Gasteiger partial charge in [-0.15, -0.1) is 0 Å². The molecule has 11 heavy (non-hydrogen) atoms. The topological polar surface area (TPSA) is 9.23 Å². The van der Waals surface area contributed by atoms with Crippen LogP contribution in [0.2, 0.25) is 19.6 Å². The lowest BCUT2D eigenvalue weighted by atomic mass is 10.9. The second kappa shape index (κ2) is 4.28. The van der Waals surface area contributed by atoms with Crippen molar-refractivity contribution in [3.05, 3.63) is 0 Å². The van der Waals surface area contributed by atoms with E-state index in [4.69, 9.17) is 38.9 Å². The Morgan fingerprint density at radius 3 is 2.00 bits per heavy atom. The predicted octanol–water partition coefficient (Wildman–Crippen LogP) is 2.36. The maximum atomic E-state index is 5.52. The SMILES string of the molecule is C[Si](C)(C)O[SiH]=CC(Cl)(Cl)Cl. The molecule has 0 aliphatic rings. The number of alkyl halides is 3. The molecule has 0 amide bonds. The molecule has 0 aromatic carbocycles. The highest BCUT2D eigenvalue weighted by Gasteiger charge is 2.16. The van der Waals surface area contributed by atoms with Gasteiger partial charge in [-0.3, -0.25) is 0 Å². The molecule has 0 radical (unpaired) electrons. The molecule has 1 nitrogen and oxygen atoms in total. The standard InChI is InChI=1S/C5H11Cl3OSi2/c1-11(2,3)9-10-4-5(6,7)8/h4,10H,1-3H3. The molecule has 6 heteroatoms. The highest BCUT2D eigenvalue weighted by atomic mass is 35.6. The van der Waals surface area contributed by atoms with Crippen molar-refractivity contribution in [3.63, 3.8) is 0 Å². The van der Waals surface area contributed by atoms with Crippen molar-refractivity contribution >= 4 is 58.2 Å². The van der Waals surface area contributed by atoms with E-state index in [2.05, 4.69) is 19.6 Å². The van der Waals surface area contributed by atoms with Gasteiger partial charge in [0.15, 0.2) is 9.38 Å². The second-order valence-corrected chi connectivity index (χ2v) is 11.2. The average molecular weight is 250 g/mol. The minimum absolute atomic E-state index is 0.290. The average Bonchev–Trinajstić information content (AvgIpc) is 1.55. The van der Waals surface area contributed by atoms with Crippen LogP contribution in [0.3, 0.4) is 0 Å². The lowest BCUT2D eigenvalue weighted by Gasteiger charge is -2.16. The first kappa shape index (κ1) is 12.0. The van der Waals surface area contributed by atoms with Gasteiger partial charge >= 0.3 is 0 Å². The fourth-order valence-corrected chi connectivity index (χ4v) is 2.84. The zero-order valence-corrected chi connectivity index (χ0v) is 11.1. The van der Waals surface area contributed by atoms with Gasteiger partial charge < -0.3 is 4.12 Å². The molecule has 0 saturated carbocycles. The zero-order valence-electron chi connectivity index (χ0n) is 6.70. The van der Waals surface area contributed by atoms with E-state index in [-0.39, 0.29) is 9.38 Å². The number of rotatable bonds is 2. The summed E-state index contributed by atoms with van der Waals surface area (Å²) in [5, 5.41) is 0. The van der Waals surface area contributed by atoms with Gasteiger partial charge in [-0.25, -0.2) is 0 Å². The number of hydrogen-bond donors (Lipinski definition) is 0.